The van der Waals surface area contributed by atoms with Crippen LogP contribution in [0.5, 0.6) is 0 Å². The first-order chi connectivity index (χ1) is 10.8. The van der Waals surface area contributed by atoms with Crippen molar-refractivity contribution in [2.75, 3.05) is 13.2 Å². The minimum absolute atomic E-state index is 0.468. The Morgan fingerprint density at radius 1 is 0.652 bits per heavy atom. The number of hydrogen-bond acceptors (Lipinski definition) is 11. The van der Waals surface area contributed by atoms with E-state index in [1.165, 1.54) is 0 Å². The number of aliphatic hydroxyl groups excluding tert-OH is 8. The third-order valence-corrected chi connectivity index (χ3v) is 3.96. The Bertz CT molecular complexity index is 380. The summed E-state index contributed by atoms with van der Waals surface area (Å²) < 4.78 is 15.1. The van der Waals surface area contributed by atoms with Gasteiger partial charge in [-0.3, -0.25) is 0 Å². The van der Waals surface area contributed by atoms with Crippen LogP contribution < -0.4 is 0 Å². The van der Waals surface area contributed by atoms with Crippen molar-refractivity contribution < 1.29 is 55.1 Å². The van der Waals surface area contributed by atoms with Crippen molar-refractivity contribution in [1.82, 2.24) is 0 Å². The summed E-state index contributed by atoms with van der Waals surface area (Å²) in [5, 5.41) is 76.1. The van der Waals surface area contributed by atoms with Crippen molar-refractivity contribution >= 4 is 0 Å². The van der Waals surface area contributed by atoms with Crippen LogP contribution in [0.4, 0.5) is 0 Å². The van der Waals surface area contributed by atoms with Crippen molar-refractivity contribution in [3.63, 3.8) is 0 Å². The van der Waals surface area contributed by atoms with Gasteiger partial charge in [-0.1, -0.05) is 0 Å². The Morgan fingerprint density at radius 2 is 1.22 bits per heavy atom. The SMILES string of the molecule is OC[C@H]1O[C@@H](OC[C@@H]2O[C@@H](O)[C@@H](O)[C@H](O)[C@@H]2O)[C@H](O)[C@H](O)[C@H]1O. The van der Waals surface area contributed by atoms with Gasteiger partial charge < -0.3 is 55.1 Å². The molecule has 11 heteroatoms. The van der Waals surface area contributed by atoms with E-state index in [1.807, 2.05) is 0 Å². The van der Waals surface area contributed by atoms with E-state index in [9.17, 15) is 35.7 Å². The molecule has 0 saturated carbocycles. The second-order valence-electron chi connectivity index (χ2n) is 5.57. The summed E-state index contributed by atoms with van der Waals surface area (Å²) in [5.41, 5.74) is 0. The Morgan fingerprint density at radius 3 is 1.83 bits per heavy atom. The standard InChI is InChI=1S/C12H22O11/c13-1-3-5(14)8(17)10(19)12(23-3)21-2-4-6(15)7(16)9(18)11(20)22-4/h3-20H,1-2H2/t3-,4+,5+,6-,7-,8-,9+,10-,11-,12-/m1/s1. The van der Waals surface area contributed by atoms with E-state index >= 15 is 0 Å². The largest absolute Gasteiger partial charge is 0.394 e. The zero-order valence-electron chi connectivity index (χ0n) is 12.0. The van der Waals surface area contributed by atoms with Crippen LogP contribution in [0.1, 0.15) is 0 Å². The Hall–Kier alpha value is -0.440. The van der Waals surface area contributed by atoms with Crippen LogP contribution >= 0.6 is 0 Å². The fourth-order valence-corrected chi connectivity index (χ4v) is 2.46. The van der Waals surface area contributed by atoms with Crippen molar-refractivity contribution in [2.24, 2.45) is 0 Å². The maximum absolute atomic E-state index is 9.78. The van der Waals surface area contributed by atoms with Gasteiger partial charge in [0.1, 0.15) is 48.8 Å². The number of aliphatic hydroxyl groups is 8. The molecule has 136 valence electrons. The van der Waals surface area contributed by atoms with Crippen LogP contribution in [0.15, 0.2) is 0 Å². The summed E-state index contributed by atoms with van der Waals surface area (Å²) in [4.78, 5) is 0. The predicted molar refractivity (Wildman–Crippen MR) is 68.6 cm³/mol. The molecule has 0 aliphatic carbocycles. The Kier molecular flexibility index (Phi) is 6.27. The van der Waals surface area contributed by atoms with Gasteiger partial charge in [-0.25, -0.2) is 0 Å². The molecule has 8 N–H and O–H groups in total. The van der Waals surface area contributed by atoms with E-state index in [0.717, 1.165) is 0 Å². The normalized spacial score (nSPS) is 51.7. The van der Waals surface area contributed by atoms with Gasteiger partial charge in [-0.2, -0.15) is 0 Å². The highest BCUT2D eigenvalue weighted by Gasteiger charge is 2.46. The highest BCUT2D eigenvalue weighted by atomic mass is 16.7. The highest BCUT2D eigenvalue weighted by molar-refractivity contribution is 4.91. The topological polar surface area (TPSA) is 190 Å². The maximum atomic E-state index is 9.78. The lowest BCUT2D eigenvalue weighted by Crippen LogP contribution is -2.61. The Balaban J connectivity index is 1.94. The third-order valence-electron chi connectivity index (χ3n) is 3.96. The molecule has 0 aromatic heterocycles. The zero-order valence-corrected chi connectivity index (χ0v) is 12.0. The molecule has 0 aromatic carbocycles. The van der Waals surface area contributed by atoms with E-state index in [0.29, 0.717) is 0 Å². The first-order valence-corrected chi connectivity index (χ1v) is 7.07. The molecule has 0 radical (unpaired) electrons. The summed E-state index contributed by atoms with van der Waals surface area (Å²) in [7, 11) is 0. The third kappa shape index (κ3) is 3.81. The zero-order chi connectivity index (χ0) is 17.3. The second-order valence-corrected chi connectivity index (χ2v) is 5.57. The molecule has 0 amide bonds. The molecule has 2 saturated heterocycles. The van der Waals surface area contributed by atoms with Crippen LogP contribution in [0.2, 0.25) is 0 Å². The molecule has 2 heterocycles. The number of rotatable bonds is 4. The molecular formula is C12H22O11. The van der Waals surface area contributed by atoms with Gasteiger partial charge in [0.2, 0.25) is 0 Å². The molecule has 2 aliphatic heterocycles. The quantitative estimate of drug-likeness (QED) is 0.243. The lowest BCUT2D eigenvalue weighted by Gasteiger charge is -2.41. The van der Waals surface area contributed by atoms with E-state index in [2.05, 4.69) is 0 Å². The predicted octanol–water partition coefficient (Wildman–Crippen LogP) is -5.40. The molecule has 0 aromatic rings. The van der Waals surface area contributed by atoms with Crippen molar-refractivity contribution in [1.29, 1.82) is 0 Å². The number of hydrogen-bond donors (Lipinski definition) is 8. The van der Waals surface area contributed by atoms with E-state index in [-0.39, 0.29) is 0 Å². The first kappa shape index (κ1) is 18.9. The van der Waals surface area contributed by atoms with Crippen LogP contribution in [0.25, 0.3) is 0 Å². The summed E-state index contributed by atoms with van der Waals surface area (Å²) in [5.74, 6) is 0. The van der Waals surface area contributed by atoms with Gasteiger partial charge in [-0.15, -0.1) is 0 Å². The molecule has 0 spiro atoms. The average molecular weight is 342 g/mol. The molecule has 0 unspecified atom stereocenters. The van der Waals surface area contributed by atoms with E-state index in [1.54, 1.807) is 0 Å². The van der Waals surface area contributed by atoms with Gasteiger partial charge in [-0.05, 0) is 0 Å². The monoisotopic (exact) mass is 342 g/mol. The Labute approximate surface area is 130 Å². The first-order valence-electron chi connectivity index (χ1n) is 7.07. The molecule has 2 rings (SSSR count). The van der Waals surface area contributed by atoms with Crippen LogP contribution in [-0.4, -0.2) is 115 Å². The molecule has 11 nitrogen and oxygen atoms in total. The maximum Gasteiger partial charge on any atom is 0.186 e. The molecule has 10 atom stereocenters. The molecule has 2 aliphatic rings. The molecule has 0 bridgehead atoms. The van der Waals surface area contributed by atoms with Crippen molar-refractivity contribution in [3.05, 3.63) is 0 Å². The lowest BCUT2D eigenvalue weighted by molar-refractivity contribution is -0.325. The van der Waals surface area contributed by atoms with Gasteiger partial charge in [0.15, 0.2) is 12.6 Å². The van der Waals surface area contributed by atoms with Crippen molar-refractivity contribution in [3.8, 4) is 0 Å². The van der Waals surface area contributed by atoms with E-state index < -0.39 is 74.6 Å². The van der Waals surface area contributed by atoms with Crippen molar-refractivity contribution in [2.45, 2.75) is 61.4 Å². The summed E-state index contributed by atoms with van der Waals surface area (Å²) in [6.07, 6.45) is -15.3. The fourth-order valence-electron chi connectivity index (χ4n) is 2.46. The number of ether oxygens (including phenoxy) is 3. The molecular weight excluding hydrogens is 320 g/mol. The summed E-state index contributed by atoms with van der Waals surface area (Å²) in [6, 6.07) is 0. The van der Waals surface area contributed by atoms with Crippen LogP contribution in [0.3, 0.4) is 0 Å². The summed E-state index contributed by atoms with van der Waals surface area (Å²) >= 11 is 0. The van der Waals surface area contributed by atoms with Gasteiger partial charge in [0.05, 0.1) is 13.2 Å². The van der Waals surface area contributed by atoms with Crippen LogP contribution in [0, 0.1) is 0 Å². The van der Waals surface area contributed by atoms with Gasteiger partial charge >= 0.3 is 0 Å². The smallest absolute Gasteiger partial charge is 0.186 e. The summed E-state index contributed by atoms with van der Waals surface area (Å²) in [6.45, 7) is -1.10. The molecule has 23 heavy (non-hydrogen) atoms. The lowest BCUT2D eigenvalue weighted by atomic mass is 9.98. The average Bonchev–Trinajstić information content (AvgIpc) is 2.54. The highest BCUT2D eigenvalue weighted by Crippen LogP contribution is 2.24. The van der Waals surface area contributed by atoms with Crippen LogP contribution in [-0.2, 0) is 14.2 Å². The van der Waals surface area contributed by atoms with E-state index in [4.69, 9.17) is 19.3 Å². The minimum Gasteiger partial charge on any atom is -0.394 e. The van der Waals surface area contributed by atoms with Gasteiger partial charge in [0, 0.05) is 0 Å². The fraction of sp³-hybridized carbons (Fsp3) is 1.00. The second kappa shape index (κ2) is 7.63. The molecule has 2 fully saturated rings. The van der Waals surface area contributed by atoms with Gasteiger partial charge in [0.25, 0.3) is 0 Å². The minimum atomic E-state index is -1.74.